The van der Waals surface area contributed by atoms with Crippen molar-refractivity contribution >= 4 is 29.0 Å². The lowest BCUT2D eigenvalue weighted by Crippen LogP contribution is -2.44. The molecule has 1 N–H and O–H groups in total. The molecule has 2 unspecified atom stereocenters. The number of fused-ring (bicyclic) bond motifs is 1. The number of hydrogen-bond donors (Lipinski definition) is 1. The normalized spacial score (nSPS) is 24.1. The van der Waals surface area contributed by atoms with Crippen molar-refractivity contribution in [3.63, 3.8) is 0 Å². The van der Waals surface area contributed by atoms with Gasteiger partial charge in [-0.05, 0) is 58.1 Å². The van der Waals surface area contributed by atoms with Crippen LogP contribution in [0, 0.1) is 0 Å². The Balaban J connectivity index is 1.56. The number of carbonyl (C=O) groups excluding carboxylic acids is 1. The van der Waals surface area contributed by atoms with Gasteiger partial charge in [-0.25, -0.2) is 4.79 Å². The highest BCUT2D eigenvalue weighted by Gasteiger charge is 2.33. The van der Waals surface area contributed by atoms with Crippen LogP contribution >= 0.6 is 22.9 Å². The van der Waals surface area contributed by atoms with Crippen LogP contribution < -0.4 is 5.32 Å². The van der Waals surface area contributed by atoms with Crippen LogP contribution in [0.25, 0.3) is 0 Å². The van der Waals surface area contributed by atoms with Gasteiger partial charge in [0.15, 0.2) is 0 Å². The van der Waals surface area contributed by atoms with E-state index in [9.17, 15) is 4.79 Å². The van der Waals surface area contributed by atoms with Gasteiger partial charge in [-0.2, -0.15) is 0 Å². The maximum Gasteiger partial charge on any atom is 0.410 e. The number of hydrogen-bond acceptors (Lipinski definition) is 4. The van der Waals surface area contributed by atoms with E-state index in [0.717, 1.165) is 43.1 Å². The maximum absolute atomic E-state index is 12.3. The molecule has 1 saturated heterocycles. The van der Waals surface area contributed by atoms with Gasteiger partial charge in [0.25, 0.3) is 0 Å². The number of nitrogens with one attached hydrogen (secondary N) is 1. The molecule has 2 aliphatic rings. The first-order valence-corrected chi connectivity index (χ1v) is 9.54. The molecule has 0 bridgehead atoms. The molecule has 1 aliphatic carbocycles. The van der Waals surface area contributed by atoms with E-state index in [4.69, 9.17) is 16.3 Å². The van der Waals surface area contributed by atoms with E-state index in [0.29, 0.717) is 6.04 Å². The lowest BCUT2D eigenvalue weighted by molar-refractivity contribution is 0.0225. The Morgan fingerprint density at radius 3 is 3.00 bits per heavy atom. The van der Waals surface area contributed by atoms with Gasteiger partial charge >= 0.3 is 6.09 Å². The number of ether oxygens (including phenoxy) is 1. The Morgan fingerprint density at radius 2 is 2.26 bits per heavy atom. The summed E-state index contributed by atoms with van der Waals surface area (Å²) in [6, 6.07) is 2.69. The quantitative estimate of drug-likeness (QED) is 0.873. The Hall–Kier alpha value is -0.780. The summed E-state index contributed by atoms with van der Waals surface area (Å²) >= 11 is 7.81. The fraction of sp³-hybridized carbons (Fsp3) is 0.706. The highest BCUT2D eigenvalue weighted by Crippen LogP contribution is 2.39. The van der Waals surface area contributed by atoms with Gasteiger partial charge in [0.2, 0.25) is 0 Å². The number of rotatable bonds is 3. The van der Waals surface area contributed by atoms with Gasteiger partial charge < -0.3 is 15.0 Å². The van der Waals surface area contributed by atoms with Crippen LogP contribution in [0.1, 0.15) is 56.5 Å². The van der Waals surface area contributed by atoms with E-state index in [1.54, 1.807) is 11.3 Å². The van der Waals surface area contributed by atoms with Crippen LogP contribution in [-0.4, -0.2) is 35.7 Å². The molecule has 23 heavy (non-hydrogen) atoms. The largest absolute Gasteiger partial charge is 0.444 e. The van der Waals surface area contributed by atoms with Crippen molar-refractivity contribution in [3.8, 4) is 0 Å². The van der Waals surface area contributed by atoms with Crippen LogP contribution in [0.5, 0.6) is 0 Å². The standard InChI is InChI=1S/C17H25ClN2O2S/c1-17(2,3)22-16(21)20-8-4-5-11(20)10-19-13-6-7-14-12(13)9-15(18)23-14/h9,11,13,19H,4-8,10H2,1-3H3. The molecular formula is C17H25ClN2O2S. The highest BCUT2D eigenvalue weighted by atomic mass is 35.5. The summed E-state index contributed by atoms with van der Waals surface area (Å²) in [6.07, 6.45) is 4.12. The zero-order valence-electron chi connectivity index (χ0n) is 14.0. The second-order valence-corrected chi connectivity index (χ2v) is 9.17. The third-order valence-electron chi connectivity index (χ3n) is 4.45. The smallest absolute Gasteiger partial charge is 0.410 e. The Morgan fingerprint density at radius 1 is 1.48 bits per heavy atom. The number of thiophene rings is 1. The predicted molar refractivity (Wildman–Crippen MR) is 94.4 cm³/mol. The van der Waals surface area contributed by atoms with Crippen molar-refractivity contribution in [2.24, 2.45) is 0 Å². The highest BCUT2D eigenvalue weighted by molar-refractivity contribution is 7.16. The molecule has 1 amide bonds. The molecule has 4 nitrogen and oxygen atoms in total. The number of likely N-dealkylation sites (tertiary alicyclic amines) is 1. The molecule has 1 fully saturated rings. The first kappa shape index (κ1) is 17.1. The number of halogens is 1. The molecule has 1 aromatic heterocycles. The second-order valence-electron chi connectivity index (χ2n) is 7.40. The van der Waals surface area contributed by atoms with Crippen LogP contribution in [0.2, 0.25) is 4.34 Å². The van der Waals surface area contributed by atoms with Crippen LogP contribution in [0.3, 0.4) is 0 Å². The fourth-order valence-corrected chi connectivity index (χ4v) is 4.79. The van der Waals surface area contributed by atoms with E-state index < -0.39 is 5.60 Å². The zero-order chi connectivity index (χ0) is 16.6. The fourth-order valence-electron chi connectivity index (χ4n) is 3.43. The second kappa shape index (κ2) is 6.61. The first-order valence-electron chi connectivity index (χ1n) is 8.34. The summed E-state index contributed by atoms with van der Waals surface area (Å²) in [5, 5.41) is 3.64. The first-order chi connectivity index (χ1) is 10.8. The summed E-state index contributed by atoms with van der Waals surface area (Å²) < 4.78 is 6.40. The van der Waals surface area contributed by atoms with Gasteiger partial charge in [0.05, 0.1) is 4.34 Å². The van der Waals surface area contributed by atoms with Gasteiger partial charge in [-0.3, -0.25) is 0 Å². The number of aryl methyl sites for hydroxylation is 1. The molecule has 1 aromatic rings. The minimum atomic E-state index is -0.439. The summed E-state index contributed by atoms with van der Waals surface area (Å²) in [6.45, 7) is 7.34. The van der Waals surface area contributed by atoms with Crippen molar-refractivity contribution in [3.05, 3.63) is 20.8 Å². The molecule has 6 heteroatoms. The van der Waals surface area contributed by atoms with Crippen molar-refractivity contribution in [1.82, 2.24) is 10.2 Å². The lowest BCUT2D eigenvalue weighted by atomic mass is 10.1. The predicted octanol–water partition coefficient (Wildman–Crippen LogP) is 4.38. The molecule has 0 radical (unpaired) electrons. The minimum absolute atomic E-state index is 0.188. The SMILES string of the molecule is CC(C)(C)OC(=O)N1CCCC1CNC1CCc2sc(Cl)cc21. The molecule has 2 atom stereocenters. The van der Waals surface area contributed by atoms with E-state index >= 15 is 0 Å². The van der Waals surface area contributed by atoms with Crippen LogP contribution in [0.15, 0.2) is 6.07 Å². The number of nitrogens with zero attached hydrogens (tertiary/aromatic N) is 1. The Kier molecular flexibility index (Phi) is 4.90. The monoisotopic (exact) mass is 356 g/mol. The van der Waals surface area contributed by atoms with Crippen LogP contribution in [-0.2, 0) is 11.2 Å². The molecule has 0 saturated carbocycles. The van der Waals surface area contributed by atoms with Crippen molar-refractivity contribution in [1.29, 1.82) is 0 Å². The van der Waals surface area contributed by atoms with E-state index in [1.807, 2.05) is 25.7 Å². The Labute approximate surface area is 147 Å². The average Bonchev–Trinajstić information content (AvgIpc) is 3.09. The number of amides is 1. The third-order valence-corrected chi connectivity index (χ3v) is 5.79. The molecule has 1 aliphatic heterocycles. The van der Waals surface area contributed by atoms with Gasteiger partial charge in [0.1, 0.15) is 5.60 Å². The topological polar surface area (TPSA) is 41.6 Å². The number of carbonyl (C=O) groups is 1. The van der Waals surface area contributed by atoms with Crippen molar-refractivity contribution in [2.45, 2.75) is 64.1 Å². The zero-order valence-corrected chi connectivity index (χ0v) is 15.6. The van der Waals surface area contributed by atoms with Crippen molar-refractivity contribution < 1.29 is 9.53 Å². The minimum Gasteiger partial charge on any atom is -0.444 e. The summed E-state index contributed by atoms with van der Waals surface area (Å²) in [4.78, 5) is 15.6. The molecule has 3 rings (SSSR count). The van der Waals surface area contributed by atoms with Gasteiger partial charge in [-0.15, -0.1) is 11.3 Å². The summed E-state index contributed by atoms with van der Waals surface area (Å²) in [5.74, 6) is 0. The van der Waals surface area contributed by atoms with E-state index in [2.05, 4.69) is 11.4 Å². The molecular weight excluding hydrogens is 332 g/mol. The molecule has 128 valence electrons. The Bertz CT molecular complexity index is 582. The van der Waals surface area contributed by atoms with E-state index in [1.165, 1.54) is 10.4 Å². The van der Waals surface area contributed by atoms with Gasteiger partial charge in [0, 0.05) is 30.1 Å². The van der Waals surface area contributed by atoms with Crippen molar-refractivity contribution in [2.75, 3.05) is 13.1 Å². The average molecular weight is 357 g/mol. The molecule has 0 aromatic carbocycles. The van der Waals surface area contributed by atoms with Gasteiger partial charge in [-0.1, -0.05) is 11.6 Å². The maximum atomic E-state index is 12.3. The van der Waals surface area contributed by atoms with Crippen LogP contribution in [0.4, 0.5) is 4.79 Å². The third kappa shape index (κ3) is 4.01. The summed E-state index contributed by atoms with van der Waals surface area (Å²) in [5.41, 5.74) is 0.910. The molecule has 0 spiro atoms. The summed E-state index contributed by atoms with van der Waals surface area (Å²) in [7, 11) is 0. The molecule has 2 heterocycles. The van der Waals surface area contributed by atoms with E-state index in [-0.39, 0.29) is 12.1 Å². The lowest BCUT2D eigenvalue weighted by Gasteiger charge is -2.29.